The molecule has 9 nitrogen and oxygen atoms in total. The molecular weight excluding hydrogens is 466 g/mol. The van der Waals surface area contributed by atoms with E-state index in [-0.39, 0.29) is 5.56 Å². The number of nitrogens with one attached hydrogen (secondary N) is 2. The SMILES string of the molecule is COc1ccc(-c2c(Nc3cncnn3)[nH]c3c(C4=CCCCC4)c(-c4ccccc4)nn3c2=O)cc1. The second-order valence-electron chi connectivity index (χ2n) is 8.85. The van der Waals surface area contributed by atoms with Crippen LogP contribution < -0.4 is 15.6 Å². The summed E-state index contributed by atoms with van der Waals surface area (Å²) in [7, 11) is 1.61. The molecule has 0 spiro atoms. The summed E-state index contributed by atoms with van der Waals surface area (Å²) < 4.78 is 6.79. The molecule has 0 unspecified atom stereocenters. The van der Waals surface area contributed by atoms with Gasteiger partial charge in [0.05, 0.1) is 18.9 Å². The van der Waals surface area contributed by atoms with Gasteiger partial charge < -0.3 is 15.0 Å². The Morgan fingerprint density at radius 2 is 1.84 bits per heavy atom. The van der Waals surface area contributed by atoms with Crippen molar-refractivity contribution in [2.45, 2.75) is 25.7 Å². The first-order valence-electron chi connectivity index (χ1n) is 12.2. The Morgan fingerprint density at radius 3 is 2.54 bits per heavy atom. The van der Waals surface area contributed by atoms with Gasteiger partial charge in [-0.05, 0) is 49.0 Å². The van der Waals surface area contributed by atoms with E-state index in [2.05, 4.69) is 31.6 Å². The zero-order valence-electron chi connectivity index (χ0n) is 20.3. The number of aromatic amines is 1. The Hall–Kier alpha value is -4.79. The van der Waals surface area contributed by atoms with Crippen molar-refractivity contribution in [1.82, 2.24) is 29.8 Å². The van der Waals surface area contributed by atoms with Crippen LogP contribution in [0.5, 0.6) is 5.75 Å². The van der Waals surface area contributed by atoms with Gasteiger partial charge in [0, 0.05) is 11.1 Å². The zero-order chi connectivity index (χ0) is 25.2. The minimum Gasteiger partial charge on any atom is -0.497 e. The topological polar surface area (TPSA) is 110 Å². The third-order valence-electron chi connectivity index (χ3n) is 6.56. The highest BCUT2D eigenvalue weighted by Crippen LogP contribution is 2.37. The molecule has 0 amide bonds. The largest absolute Gasteiger partial charge is 0.497 e. The average molecular weight is 492 g/mol. The van der Waals surface area contributed by atoms with E-state index >= 15 is 0 Å². The first-order valence-corrected chi connectivity index (χ1v) is 12.2. The van der Waals surface area contributed by atoms with Crippen LogP contribution in [0.2, 0.25) is 0 Å². The van der Waals surface area contributed by atoms with E-state index in [0.717, 1.165) is 42.5 Å². The Kier molecular flexibility index (Phi) is 5.94. The normalized spacial score (nSPS) is 13.4. The molecule has 0 saturated heterocycles. The maximum absolute atomic E-state index is 14.1. The maximum atomic E-state index is 14.1. The highest BCUT2D eigenvalue weighted by Gasteiger charge is 2.24. The summed E-state index contributed by atoms with van der Waals surface area (Å²) in [6.45, 7) is 0. The number of allylic oxidation sites excluding steroid dienone is 2. The van der Waals surface area contributed by atoms with Crippen molar-refractivity contribution in [3.63, 3.8) is 0 Å². The molecule has 2 aromatic carbocycles. The highest BCUT2D eigenvalue weighted by molar-refractivity contribution is 5.89. The lowest BCUT2D eigenvalue weighted by atomic mass is 9.92. The quantitative estimate of drug-likeness (QED) is 0.334. The molecule has 5 aromatic rings. The van der Waals surface area contributed by atoms with Gasteiger partial charge in [-0.15, -0.1) is 10.2 Å². The van der Waals surface area contributed by atoms with Gasteiger partial charge in [0.2, 0.25) is 0 Å². The van der Waals surface area contributed by atoms with Gasteiger partial charge >= 0.3 is 0 Å². The third kappa shape index (κ3) is 4.24. The van der Waals surface area contributed by atoms with Crippen LogP contribution in [0.25, 0.3) is 33.6 Å². The molecule has 6 rings (SSSR count). The van der Waals surface area contributed by atoms with Crippen molar-refractivity contribution in [2.75, 3.05) is 12.4 Å². The standard InChI is InChI=1S/C28H25N7O2/c1-37-21-14-12-19(13-15-21)24-26(31-22-16-29-17-30-33-22)32-27-23(18-8-4-2-5-9-18)25(34-35(27)28(24)36)20-10-6-3-7-11-20/h3,6-8,10-17,32H,2,4-5,9H2,1H3,(H,31,33). The summed E-state index contributed by atoms with van der Waals surface area (Å²) in [5.41, 5.74) is 5.39. The van der Waals surface area contributed by atoms with E-state index in [0.29, 0.717) is 34.2 Å². The lowest BCUT2D eigenvalue weighted by Crippen LogP contribution is -2.20. The van der Waals surface area contributed by atoms with Gasteiger partial charge in [-0.1, -0.05) is 48.5 Å². The van der Waals surface area contributed by atoms with Gasteiger partial charge in [-0.25, -0.2) is 4.98 Å². The summed E-state index contributed by atoms with van der Waals surface area (Å²) in [6.07, 6.45) is 9.38. The number of methoxy groups -OCH3 is 1. The molecule has 3 heterocycles. The van der Waals surface area contributed by atoms with Gasteiger partial charge in [0.1, 0.15) is 29.2 Å². The predicted octanol–water partition coefficient (Wildman–Crippen LogP) is 5.25. The molecule has 37 heavy (non-hydrogen) atoms. The first-order chi connectivity index (χ1) is 18.2. The van der Waals surface area contributed by atoms with Gasteiger partial charge in [0.15, 0.2) is 5.82 Å². The molecule has 3 aromatic heterocycles. The fourth-order valence-corrected chi connectivity index (χ4v) is 4.79. The van der Waals surface area contributed by atoms with E-state index in [9.17, 15) is 4.79 Å². The number of benzene rings is 2. The van der Waals surface area contributed by atoms with Crippen molar-refractivity contribution in [3.05, 3.63) is 89.1 Å². The van der Waals surface area contributed by atoms with E-state index in [1.165, 1.54) is 16.4 Å². The monoisotopic (exact) mass is 491 g/mol. The summed E-state index contributed by atoms with van der Waals surface area (Å²) in [5.74, 6) is 1.60. The Morgan fingerprint density at radius 1 is 1.00 bits per heavy atom. The highest BCUT2D eigenvalue weighted by atomic mass is 16.5. The van der Waals surface area contributed by atoms with Crippen molar-refractivity contribution in [3.8, 4) is 28.1 Å². The molecule has 1 aliphatic carbocycles. The van der Waals surface area contributed by atoms with Gasteiger partial charge in [0.25, 0.3) is 5.56 Å². The van der Waals surface area contributed by atoms with Crippen LogP contribution in [-0.2, 0) is 0 Å². The minimum absolute atomic E-state index is 0.252. The number of aromatic nitrogens is 6. The molecule has 0 atom stereocenters. The molecule has 0 radical (unpaired) electrons. The molecule has 0 bridgehead atoms. The van der Waals surface area contributed by atoms with Crippen LogP contribution in [0, 0.1) is 0 Å². The lowest BCUT2D eigenvalue weighted by molar-refractivity contribution is 0.415. The van der Waals surface area contributed by atoms with E-state index in [1.807, 2.05) is 54.6 Å². The average Bonchev–Trinajstić information content (AvgIpc) is 3.35. The summed E-state index contributed by atoms with van der Waals surface area (Å²) in [6, 6.07) is 17.3. The second kappa shape index (κ2) is 9.69. The second-order valence-corrected chi connectivity index (χ2v) is 8.85. The minimum atomic E-state index is -0.252. The summed E-state index contributed by atoms with van der Waals surface area (Å²) >= 11 is 0. The van der Waals surface area contributed by atoms with Crippen molar-refractivity contribution in [2.24, 2.45) is 0 Å². The third-order valence-corrected chi connectivity index (χ3v) is 6.56. The molecule has 0 fully saturated rings. The zero-order valence-corrected chi connectivity index (χ0v) is 20.3. The van der Waals surface area contributed by atoms with Crippen molar-refractivity contribution >= 4 is 22.9 Å². The molecule has 9 heteroatoms. The molecule has 0 saturated carbocycles. The molecule has 2 N–H and O–H groups in total. The molecular formula is C28H25N7O2. The smallest absolute Gasteiger partial charge is 0.284 e. The van der Waals surface area contributed by atoms with Crippen LogP contribution in [-0.4, -0.2) is 36.9 Å². The van der Waals surface area contributed by atoms with Crippen LogP contribution in [0.4, 0.5) is 11.6 Å². The predicted molar refractivity (Wildman–Crippen MR) is 143 cm³/mol. The fourth-order valence-electron chi connectivity index (χ4n) is 4.79. The Bertz CT molecular complexity index is 1640. The number of H-pyrrole nitrogens is 1. The van der Waals surface area contributed by atoms with E-state index in [1.54, 1.807) is 13.3 Å². The molecule has 0 aliphatic heterocycles. The first kappa shape index (κ1) is 22.7. The number of rotatable bonds is 6. The fraction of sp³-hybridized carbons (Fsp3) is 0.179. The van der Waals surface area contributed by atoms with Gasteiger partial charge in [-0.2, -0.15) is 9.61 Å². The summed E-state index contributed by atoms with van der Waals surface area (Å²) in [5, 5.41) is 16.1. The number of hydrogen-bond acceptors (Lipinski definition) is 7. The Labute approximate surface area is 212 Å². The van der Waals surface area contributed by atoms with Crippen LogP contribution in [0.15, 0.2) is 78.0 Å². The van der Waals surface area contributed by atoms with Crippen molar-refractivity contribution < 1.29 is 4.74 Å². The maximum Gasteiger partial charge on any atom is 0.284 e. The molecule has 1 aliphatic rings. The van der Waals surface area contributed by atoms with E-state index in [4.69, 9.17) is 9.84 Å². The molecule has 184 valence electrons. The van der Waals surface area contributed by atoms with Crippen LogP contribution in [0.3, 0.4) is 0 Å². The summed E-state index contributed by atoms with van der Waals surface area (Å²) in [4.78, 5) is 21.7. The van der Waals surface area contributed by atoms with Crippen LogP contribution in [0.1, 0.15) is 31.2 Å². The van der Waals surface area contributed by atoms with Crippen LogP contribution >= 0.6 is 0 Å². The Balaban J connectivity index is 1.65. The lowest BCUT2D eigenvalue weighted by Gasteiger charge is -2.15. The number of fused-ring (bicyclic) bond motifs is 1. The van der Waals surface area contributed by atoms with Gasteiger partial charge in [-0.3, -0.25) is 4.79 Å². The number of ether oxygens (including phenoxy) is 1. The van der Waals surface area contributed by atoms with E-state index < -0.39 is 0 Å². The number of hydrogen-bond donors (Lipinski definition) is 2. The van der Waals surface area contributed by atoms with Crippen molar-refractivity contribution in [1.29, 1.82) is 0 Å². The number of nitrogens with zero attached hydrogens (tertiary/aromatic N) is 5. The number of anilines is 2.